The molecule has 0 aliphatic carbocycles. The van der Waals surface area contributed by atoms with E-state index in [0.29, 0.717) is 24.1 Å². The third-order valence-electron chi connectivity index (χ3n) is 4.66. The van der Waals surface area contributed by atoms with Crippen molar-refractivity contribution in [1.29, 1.82) is 0 Å². The fourth-order valence-corrected chi connectivity index (χ4v) is 3.22. The smallest absolute Gasteiger partial charge is 0.306 e. The molecule has 2 aromatic carbocycles. The van der Waals surface area contributed by atoms with Crippen LogP contribution in [0.15, 0.2) is 59.0 Å². The first-order chi connectivity index (χ1) is 14.7. The van der Waals surface area contributed by atoms with Crippen LogP contribution in [0.25, 0.3) is 11.0 Å². The maximum absolute atomic E-state index is 13.1. The standard InChI is InChI=1S/C25H29NO5/c1-25(2,3)31-22(27)15-10-16-26(4)24(28)23-20(17-29-18-11-6-5-7-12-18)19-13-8-9-14-21(19)30-23/h5-9,11-14H,10,15-17H2,1-4H3. The Balaban J connectivity index is 1.70. The number of esters is 1. The second kappa shape index (κ2) is 9.69. The van der Waals surface area contributed by atoms with E-state index in [1.807, 2.05) is 75.4 Å². The zero-order valence-electron chi connectivity index (χ0n) is 18.5. The third-order valence-corrected chi connectivity index (χ3v) is 4.66. The van der Waals surface area contributed by atoms with Gasteiger partial charge in [0.15, 0.2) is 5.76 Å². The molecule has 0 radical (unpaired) electrons. The maximum atomic E-state index is 13.1. The summed E-state index contributed by atoms with van der Waals surface area (Å²) in [5.41, 5.74) is 0.837. The molecule has 0 spiro atoms. The third kappa shape index (κ3) is 6.10. The number of para-hydroxylation sites is 2. The van der Waals surface area contributed by atoms with Gasteiger partial charge in [0.1, 0.15) is 23.5 Å². The lowest BCUT2D eigenvalue weighted by molar-refractivity contribution is -0.154. The zero-order chi connectivity index (χ0) is 22.4. The Labute approximate surface area is 182 Å². The minimum absolute atomic E-state index is 0.216. The Morgan fingerprint density at radius 3 is 2.39 bits per heavy atom. The molecule has 0 saturated carbocycles. The Morgan fingerprint density at radius 1 is 1.00 bits per heavy atom. The molecule has 0 bridgehead atoms. The molecule has 164 valence electrons. The van der Waals surface area contributed by atoms with Gasteiger partial charge in [0.2, 0.25) is 0 Å². The molecular formula is C25H29NO5. The van der Waals surface area contributed by atoms with Crippen molar-refractivity contribution in [2.45, 2.75) is 45.8 Å². The number of carbonyl (C=O) groups is 2. The molecule has 3 aromatic rings. The average molecular weight is 424 g/mol. The molecule has 6 nitrogen and oxygen atoms in total. The molecule has 0 fully saturated rings. The quantitative estimate of drug-likeness (QED) is 0.466. The van der Waals surface area contributed by atoms with Gasteiger partial charge in [-0.3, -0.25) is 9.59 Å². The average Bonchev–Trinajstić information content (AvgIpc) is 3.09. The van der Waals surface area contributed by atoms with E-state index < -0.39 is 5.60 Å². The fraction of sp³-hybridized carbons (Fsp3) is 0.360. The number of nitrogens with zero attached hydrogens (tertiary/aromatic N) is 1. The van der Waals surface area contributed by atoms with Crippen molar-refractivity contribution >= 4 is 22.8 Å². The van der Waals surface area contributed by atoms with Crippen LogP contribution in [0.3, 0.4) is 0 Å². The zero-order valence-corrected chi connectivity index (χ0v) is 18.5. The first-order valence-corrected chi connectivity index (χ1v) is 10.4. The number of amides is 1. The summed E-state index contributed by atoms with van der Waals surface area (Å²) in [5, 5.41) is 0.851. The van der Waals surface area contributed by atoms with Crippen molar-refractivity contribution in [1.82, 2.24) is 4.90 Å². The van der Waals surface area contributed by atoms with Gasteiger partial charge in [0.25, 0.3) is 5.91 Å². The van der Waals surface area contributed by atoms with Gasteiger partial charge in [0, 0.05) is 31.0 Å². The molecule has 0 aliphatic heterocycles. The van der Waals surface area contributed by atoms with E-state index in [0.717, 1.165) is 11.1 Å². The maximum Gasteiger partial charge on any atom is 0.306 e. The van der Waals surface area contributed by atoms with Gasteiger partial charge in [-0.25, -0.2) is 0 Å². The highest BCUT2D eigenvalue weighted by Crippen LogP contribution is 2.28. The van der Waals surface area contributed by atoms with Crippen molar-refractivity contribution in [3.05, 3.63) is 65.9 Å². The van der Waals surface area contributed by atoms with Crippen LogP contribution in [0.4, 0.5) is 0 Å². The number of hydrogen-bond acceptors (Lipinski definition) is 5. The van der Waals surface area contributed by atoms with Gasteiger partial charge in [-0.2, -0.15) is 0 Å². The number of hydrogen-bond donors (Lipinski definition) is 0. The number of rotatable bonds is 8. The monoisotopic (exact) mass is 423 g/mol. The Hall–Kier alpha value is -3.28. The topological polar surface area (TPSA) is 69.0 Å². The molecule has 0 atom stereocenters. The summed E-state index contributed by atoms with van der Waals surface area (Å²) in [7, 11) is 1.70. The van der Waals surface area contributed by atoms with Gasteiger partial charge in [-0.05, 0) is 45.4 Å². The molecule has 1 amide bonds. The molecule has 31 heavy (non-hydrogen) atoms. The first-order valence-electron chi connectivity index (χ1n) is 10.4. The molecule has 1 heterocycles. The van der Waals surface area contributed by atoms with E-state index in [2.05, 4.69) is 0 Å². The highest BCUT2D eigenvalue weighted by Gasteiger charge is 2.24. The highest BCUT2D eigenvalue weighted by atomic mass is 16.6. The second-order valence-electron chi connectivity index (χ2n) is 8.42. The van der Waals surface area contributed by atoms with Crippen molar-refractivity contribution in [2.75, 3.05) is 13.6 Å². The molecule has 0 N–H and O–H groups in total. The lowest BCUT2D eigenvalue weighted by atomic mass is 10.1. The van der Waals surface area contributed by atoms with Crippen LogP contribution in [0, 0.1) is 0 Å². The Morgan fingerprint density at radius 2 is 1.68 bits per heavy atom. The van der Waals surface area contributed by atoms with Crippen molar-refractivity contribution in [2.24, 2.45) is 0 Å². The van der Waals surface area contributed by atoms with Gasteiger partial charge in [0.05, 0.1) is 0 Å². The van der Waals surface area contributed by atoms with Gasteiger partial charge in [-0.1, -0.05) is 36.4 Å². The van der Waals surface area contributed by atoms with E-state index in [1.165, 1.54) is 0 Å². The molecule has 0 saturated heterocycles. The van der Waals surface area contributed by atoms with Gasteiger partial charge < -0.3 is 18.8 Å². The van der Waals surface area contributed by atoms with E-state index >= 15 is 0 Å². The van der Waals surface area contributed by atoms with Gasteiger partial charge in [-0.15, -0.1) is 0 Å². The Kier molecular flexibility index (Phi) is 7.00. The number of ether oxygens (including phenoxy) is 2. The van der Waals surface area contributed by atoms with Crippen molar-refractivity contribution in [3.63, 3.8) is 0 Å². The second-order valence-corrected chi connectivity index (χ2v) is 8.42. The van der Waals surface area contributed by atoms with Crippen LogP contribution in [-0.4, -0.2) is 36.0 Å². The number of benzene rings is 2. The van der Waals surface area contributed by atoms with Gasteiger partial charge >= 0.3 is 5.97 Å². The van der Waals surface area contributed by atoms with Crippen LogP contribution < -0.4 is 4.74 Å². The normalized spacial score (nSPS) is 11.4. The van der Waals surface area contributed by atoms with Crippen molar-refractivity contribution < 1.29 is 23.5 Å². The van der Waals surface area contributed by atoms with E-state index in [9.17, 15) is 9.59 Å². The Bertz CT molecular complexity index is 1030. The summed E-state index contributed by atoms with van der Waals surface area (Å²) in [6, 6.07) is 17.0. The van der Waals surface area contributed by atoms with Crippen LogP contribution in [0.5, 0.6) is 5.75 Å². The predicted octanol–water partition coefficient (Wildman–Crippen LogP) is 5.21. The summed E-state index contributed by atoms with van der Waals surface area (Å²) in [5.74, 6) is 0.467. The summed E-state index contributed by atoms with van der Waals surface area (Å²) in [4.78, 5) is 26.6. The summed E-state index contributed by atoms with van der Waals surface area (Å²) >= 11 is 0. The van der Waals surface area contributed by atoms with Crippen molar-refractivity contribution in [3.8, 4) is 5.75 Å². The summed E-state index contributed by atoms with van der Waals surface area (Å²) in [6.45, 7) is 6.13. The summed E-state index contributed by atoms with van der Waals surface area (Å²) < 4.78 is 17.1. The highest BCUT2D eigenvalue weighted by molar-refractivity contribution is 5.99. The molecule has 0 unspecified atom stereocenters. The minimum Gasteiger partial charge on any atom is -0.489 e. The number of furan rings is 1. The van der Waals surface area contributed by atoms with Crippen LogP contribution in [0.1, 0.15) is 49.7 Å². The van der Waals surface area contributed by atoms with E-state index in [4.69, 9.17) is 13.9 Å². The molecule has 1 aromatic heterocycles. The summed E-state index contributed by atoms with van der Waals surface area (Å²) in [6.07, 6.45) is 0.756. The van der Waals surface area contributed by atoms with Crippen LogP contribution in [0.2, 0.25) is 0 Å². The molecular weight excluding hydrogens is 394 g/mol. The van der Waals surface area contributed by atoms with Crippen LogP contribution >= 0.6 is 0 Å². The lowest BCUT2D eigenvalue weighted by Gasteiger charge is -2.20. The fourth-order valence-electron chi connectivity index (χ4n) is 3.22. The predicted molar refractivity (Wildman–Crippen MR) is 119 cm³/mol. The van der Waals surface area contributed by atoms with Crippen LogP contribution in [-0.2, 0) is 16.1 Å². The molecule has 0 aliphatic rings. The minimum atomic E-state index is -0.513. The number of fused-ring (bicyclic) bond motifs is 1. The molecule has 6 heteroatoms. The largest absolute Gasteiger partial charge is 0.489 e. The van der Waals surface area contributed by atoms with E-state index in [1.54, 1.807) is 11.9 Å². The van der Waals surface area contributed by atoms with E-state index in [-0.39, 0.29) is 30.7 Å². The first kappa shape index (κ1) is 22.4. The lowest BCUT2D eigenvalue weighted by Crippen LogP contribution is -2.29. The SMILES string of the molecule is CN(CCCC(=O)OC(C)(C)C)C(=O)c1oc2ccccc2c1COc1ccccc1. The molecule has 3 rings (SSSR count). The number of carbonyl (C=O) groups excluding carboxylic acids is 2.